The van der Waals surface area contributed by atoms with Crippen molar-refractivity contribution in [1.29, 1.82) is 0 Å². The molecule has 7 heteroatoms. The Labute approximate surface area is 94.6 Å². The molecular weight excluding hydrogens is 241 g/mol. The fraction of sp³-hybridized carbons (Fsp3) is 0.300. The van der Waals surface area contributed by atoms with Crippen LogP contribution in [0.4, 0.5) is 13.2 Å². The first-order valence-electron chi connectivity index (χ1n) is 4.42. The first-order chi connectivity index (χ1) is 7.84. The Morgan fingerprint density at radius 3 is 2.47 bits per heavy atom. The van der Waals surface area contributed by atoms with Gasteiger partial charge >= 0.3 is 12.1 Å². The lowest BCUT2D eigenvalue weighted by atomic mass is 10.1. The van der Waals surface area contributed by atoms with Gasteiger partial charge in [0.25, 0.3) is 0 Å². The third kappa shape index (κ3) is 3.63. The number of carboxylic acids is 1. The minimum absolute atomic E-state index is 0.209. The lowest BCUT2D eigenvalue weighted by molar-refractivity contribution is -0.137. The first-order valence-corrected chi connectivity index (χ1v) is 4.42. The first kappa shape index (κ1) is 13.3. The average Bonchev–Trinajstić information content (AvgIpc) is 2.24. The predicted octanol–water partition coefficient (Wildman–Crippen LogP) is 2.39. The summed E-state index contributed by atoms with van der Waals surface area (Å²) >= 11 is 0. The van der Waals surface area contributed by atoms with Crippen LogP contribution in [-0.2, 0) is 10.9 Å². The third-order valence-corrected chi connectivity index (χ3v) is 1.82. The number of hydrogen-bond donors (Lipinski definition) is 1. The molecule has 17 heavy (non-hydrogen) atoms. The molecule has 0 fully saturated rings. The average molecular weight is 250 g/mol. The zero-order chi connectivity index (χ0) is 13.1. The summed E-state index contributed by atoms with van der Waals surface area (Å²) < 4.78 is 46.7. The normalized spacial score (nSPS) is 11.3. The Kier molecular flexibility index (Phi) is 3.95. The van der Waals surface area contributed by atoms with E-state index < -0.39 is 23.3 Å². The van der Waals surface area contributed by atoms with Crippen LogP contribution >= 0.6 is 0 Å². The predicted molar refractivity (Wildman–Crippen MR) is 50.9 cm³/mol. The van der Waals surface area contributed by atoms with Crippen molar-refractivity contribution in [2.75, 3.05) is 13.9 Å². The summed E-state index contributed by atoms with van der Waals surface area (Å²) in [5, 5.41) is 8.67. The SMILES string of the molecule is COCOc1cc(C(=O)O)cc(C(F)(F)F)c1. The summed E-state index contributed by atoms with van der Waals surface area (Å²) in [5.74, 6) is -1.67. The maximum absolute atomic E-state index is 12.5. The molecule has 1 rings (SSSR count). The number of methoxy groups -OCH3 is 1. The smallest absolute Gasteiger partial charge is 0.416 e. The van der Waals surface area contributed by atoms with Crippen molar-refractivity contribution in [1.82, 2.24) is 0 Å². The molecule has 0 radical (unpaired) electrons. The molecule has 94 valence electrons. The molecule has 1 aromatic rings. The summed E-state index contributed by atoms with van der Waals surface area (Å²) in [6.45, 7) is -0.264. The van der Waals surface area contributed by atoms with Gasteiger partial charge in [0.1, 0.15) is 5.75 Å². The lowest BCUT2D eigenvalue weighted by Crippen LogP contribution is -2.09. The van der Waals surface area contributed by atoms with Gasteiger partial charge in [-0.05, 0) is 18.2 Å². The van der Waals surface area contributed by atoms with Crippen molar-refractivity contribution in [3.05, 3.63) is 29.3 Å². The molecule has 0 saturated heterocycles. The van der Waals surface area contributed by atoms with Crippen LogP contribution < -0.4 is 4.74 Å². The second-order valence-electron chi connectivity index (χ2n) is 3.10. The molecule has 0 atom stereocenters. The van der Waals surface area contributed by atoms with Crippen LogP contribution in [0.2, 0.25) is 0 Å². The molecular formula is C10H9F3O4. The number of carboxylic acid groups (broad SMARTS) is 1. The number of carbonyl (C=O) groups is 1. The molecule has 0 aliphatic carbocycles. The summed E-state index contributed by atoms with van der Waals surface area (Å²) in [6, 6.07) is 2.25. The minimum atomic E-state index is -4.63. The number of benzene rings is 1. The standard InChI is InChI=1S/C10H9F3O4/c1-16-5-17-8-3-6(9(14)15)2-7(4-8)10(11,12)13/h2-4H,5H2,1H3,(H,14,15). The van der Waals surface area contributed by atoms with E-state index in [1.54, 1.807) is 0 Å². The van der Waals surface area contributed by atoms with Crippen molar-refractivity contribution in [2.45, 2.75) is 6.18 Å². The molecule has 0 spiro atoms. The van der Waals surface area contributed by atoms with Gasteiger partial charge in [-0.1, -0.05) is 0 Å². The maximum Gasteiger partial charge on any atom is 0.416 e. The Morgan fingerprint density at radius 1 is 1.35 bits per heavy atom. The summed E-state index contributed by atoms with van der Waals surface area (Å²) in [6.07, 6.45) is -4.63. The van der Waals surface area contributed by atoms with E-state index in [1.807, 2.05) is 0 Å². The van der Waals surface area contributed by atoms with Gasteiger partial charge in [0.05, 0.1) is 11.1 Å². The Hall–Kier alpha value is -1.76. The topological polar surface area (TPSA) is 55.8 Å². The highest BCUT2D eigenvalue weighted by atomic mass is 19.4. The van der Waals surface area contributed by atoms with Gasteiger partial charge in [0.2, 0.25) is 0 Å². The van der Waals surface area contributed by atoms with Crippen molar-refractivity contribution in [2.24, 2.45) is 0 Å². The van der Waals surface area contributed by atoms with Gasteiger partial charge in [0.15, 0.2) is 6.79 Å². The van der Waals surface area contributed by atoms with E-state index in [0.717, 1.165) is 6.07 Å². The molecule has 1 aromatic carbocycles. The molecule has 0 aliphatic heterocycles. The van der Waals surface area contributed by atoms with E-state index >= 15 is 0 Å². The lowest BCUT2D eigenvalue weighted by Gasteiger charge is -2.11. The van der Waals surface area contributed by atoms with Crippen LogP contribution in [0, 0.1) is 0 Å². The van der Waals surface area contributed by atoms with E-state index in [4.69, 9.17) is 9.84 Å². The van der Waals surface area contributed by atoms with Crippen LogP contribution in [0.3, 0.4) is 0 Å². The van der Waals surface area contributed by atoms with Gasteiger partial charge in [-0.15, -0.1) is 0 Å². The number of alkyl halides is 3. The highest BCUT2D eigenvalue weighted by Gasteiger charge is 2.32. The largest absolute Gasteiger partial charge is 0.478 e. The van der Waals surface area contributed by atoms with E-state index in [1.165, 1.54) is 7.11 Å². The molecule has 0 saturated carbocycles. The molecule has 0 aromatic heterocycles. The van der Waals surface area contributed by atoms with Crippen molar-refractivity contribution >= 4 is 5.97 Å². The second-order valence-corrected chi connectivity index (χ2v) is 3.10. The van der Waals surface area contributed by atoms with Gasteiger partial charge < -0.3 is 14.6 Å². The zero-order valence-electron chi connectivity index (χ0n) is 8.75. The molecule has 0 bridgehead atoms. The van der Waals surface area contributed by atoms with Crippen molar-refractivity contribution < 1.29 is 32.5 Å². The number of halogens is 3. The minimum Gasteiger partial charge on any atom is -0.478 e. The van der Waals surface area contributed by atoms with Crippen LogP contribution in [0.25, 0.3) is 0 Å². The molecule has 1 N–H and O–H groups in total. The monoisotopic (exact) mass is 250 g/mol. The number of ether oxygens (including phenoxy) is 2. The number of aromatic carboxylic acids is 1. The van der Waals surface area contributed by atoms with E-state index in [2.05, 4.69) is 4.74 Å². The van der Waals surface area contributed by atoms with E-state index in [9.17, 15) is 18.0 Å². The molecule has 4 nitrogen and oxygen atoms in total. The molecule has 0 heterocycles. The van der Waals surface area contributed by atoms with Crippen LogP contribution in [-0.4, -0.2) is 25.0 Å². The van der Waals surface area contributed by atoms with Crippen molar-refractivity contribution in [3.63, 3.8) is 0 Å². The quantitative estimate of drug-likeness (QED) is 0.833. The van der Waals surface area contributed by atoms with Gasteiger partial charge in [0, 0.05) is 7.11 Å². The molecule has 0 unspecified atom stereocenters. The second kappa shape index (κ2) is 5.05. The van der Waals surface area contributed by atoms with Gasteiger partial charge in [-0.3, -0.25) is 0 Å². The van der Waals surface area contributed by atoms with Gasteiger partial charge in [-0.25, -0.2) is 4.79 Å². The summed E-state index contributed by atoms with van der Waals surface area (Å²) in [5.41, 5.74) is -1.57. The Morgan fingerprint density at radius 2 is 2.00 bits per heavy atom. The third-order valence-electron chi connectivity index (χ3n) is 1.82. The Bertz CT molecular complexity index is 415. The Balaban J connectivity index is 3.14. The van der Waals surface area contributed by atoms with E-state index in [0.29, 0.717) is 12.1 Å². The number of hydrogen-bond acceptors (Lipinski definition) is 3. The number of rotatable bonds is 4. The van der Waals surface area contributed by atoms with Crippen LogP contribution in [0.1, 0.15) is 15.9 Å². The van der Waals surface area contributed by atoms with Gasteiger partial charge in [-0.2, -0.15) is 13.2 Å². The van der Waals surface area contributed by atoms with Crippen LogP contribution in [0.15, 0.2) is 18.2 Å². The van der Waals surface area contributed by atoms with E-state index in [-0.39, 0.29) is 12.5 Å². The highest BCUT2D eigenvalue weighted by molar-refractivity contribution is 5.88. The molecule has 0 amide bonds. The summed E-state index contributed by atoms with van der Waals surface area (Å²) in [7, 11) is 1.30. The zero-order valence-corrected chi connectivity index (χ0v) is 8.75. The fourth-order valence-corrected chi connectivity index (χ4v) is 1.10. The highest BCUT2D eigenvalue weighted by Crippen LogP contribution is 2.32. The summed E-state index contributed by atoms with van der Waals surface area (Å²) in [4.78, 5) is 10.7. The maximum atomic E-state index is 12.5. The van der Waals surface area contributed by atoms with Crippen LogP contribution in [0.5, 0.6) is 5.75 Å². The molecule has 0 aliphatic rings. The fourth-order valence-electron chi connectivity index (χ4n) is 1.10. The van der Waals surface area contributed by atoms with Crippen molar-refractivity contribution in [3.8, 4) is 5.75 Å².